The second kappa shape index (κ2) is 4.51. The molecule has 5 heteroatoms. The molecule has 1 aliphatic heterocycles. The van der Waals surface area contributed by atoms with Gasteiger partial charge < -0.3 is 0 Å². The van der Waals surface area contributed by atoms with Crippen molar-refractivity contribution in [2.24, 2.45) is 0 Å². The maximum absolute atomic E-state index is 12.4. The summed E-state index contributed by atoms with van der Waals surface area (Å²) in [6, 6.07) is 14.5. The molecule has 0 bridgehead atoms. The van der Waals surface area contributed by atoms with Crippen LogP contribution in [0.3, 0.4) is 0 Å². The maximum atomic E-state index is 12.4. The van der Waals surface area contributed by atoms with E-state index < -0.39 is 19.3 Å². The molecule has 19 heavy (non-hydrogen) atoms. The van der Waals surface area contributed by atoms with Gasteiger partial charge in [-0.3, -0.25) is 0 Å². The average molecular weight is 313 g/mol. The Kier molecular flexibility index (Phi) is 3.08. The molecular formula is C14H10Cl2O2S. The number of hydrogen-bond donors (Lipinski definition) is 0. The summed E-state index contributed by atoms with van der Waals surface area (Å²) in [7, 11) is -3.67. The molecule has 0 aromatic heterocycles. The molecule has 0 aliphatic carbocycles. The van der Waals surface area contributed by atoms with Crippen LogP contribution in [0.1, 0.15) is 20.5 Å². The first-order chi connectivity index (χ1) is 9.03. The zero-order chi connectivity index (χ0) is 13.6. The molecule has 0 N–H and O–H groups in total. The average Bonchev–Trinajstić information content (AvgIpc) is 2.50. The minimum atomic E-state index is -3.67. The highest BCUT2D eigenvalue weighted by molar-refractivity contribution is 7.94. The number of rotatable bonds is 0. The third-order valence-electron chi connectivity index (χ3n) is 3.28. The molecule has 0 saturated heterocycles. The third kappa shape index (κ3) is 1.88. The monoisotopic (exact) mass is 312 g/mol. The Morgan fingerprint density at radius 3 is 1.53 bits per heavy atom. The lowest BCUT2D eigenvalue weighted by Gasteiger charge is -2.13. The predicted molar refractivity (Wildman–Crippen MR) is 78.0 cm³/mol. The minimum Gasteiger partial charge on any atom is -0.225 e. The molecule has 3 rings (SSSR count). The van der Waals surface area contributed by atoms with Crippen LogP contribution in [0.2, 0.25) is 0 Å². The van der Waals surface area contributed by atoms with E-state index in [-0.39, 0.29) is 0 Å². The summed E-state index contributed by atoms with van der Waals surface area (Å²) < 4.78 is 22.5. The molecule has 98 valence electrons. The minimum absolute atomic E-state index is 0.583. The van der Waals surface area contributed by atoms with Crippen LogP contribution in [0.15, 0.2) is 48.5 Å². The Balaban J connectivity index is 2.44. The van der Waals surface area contributed by atoms with E-state index in [0.29, 0.717) is 11.1 Å². The van der Waals surface area contributed by atoms with Crippen LogP contribution in [0.5, 0.6) is 0 Å². The SMILES string of the molecule is O=S1(=O)[C@H](Cl)c2ccccc2-c2ccccc2[C@H]1Cl. The van der Waals surface area contributed by atoms with Crippen molar-refractivity contribution in [2.45, 2.75) is 9.42 Å². The van der Waals surface area contributed by atoms with Crippen molar-refractivity contribution >= 4 is 33.0 Å². The molecule has 0 saturated carbocycles. The van der Waals surface area contributed by atoms with E-state index in [1.54, 1.807) is 24.3 Å². The molecule has 2 atom stereocenters. The number of halogens is 2. The maximum Gasteiger partial charge on any atom is 0.192 e. The molecule has 2 aromatic rings. The zero-order valence-corrected chi connectivity index (χ0v) is 12.1. The highest BCUT2D eigenvalue weighted by Crippen LogP contribution is 2.48. The van der Waals surface area contributed by atoms with E-state index in [1.165, 1.54) is 0 Å². The summed E-state index contributed by atoms with van der Waals surface area (Å²) in [5.41, 5.74) is 2.81. The molecule has 0 spiro atoms. The van der Waals surface area contributed by atoms with Crippen LogP contribution in [-0.4, -0.2) is 8.42 Å². The Morgan fingerprint density at radius 1 is 0.737 bits per heavy atom. The molecule has 0 fully saturated rings. The Morgan fingerprint density at radius 2 is 1.11 bits per heavy atom. The third-order valence-corrected chi connectivity index (χ3v) is 6.90. The molecule has 0 unspecified atom stereocenters. The molecular weight excluding hydrogens is 303 g/mol. The van der Waals surface area contributed by atoms with Crippen molar-refractivity contribution in [2.75, 3.05) is 0 Å². The highest BCUT2D eigenvalue weighted by atomic mass is 35.5. The normalized spacial score (nSPS) is 24.1. The standard InChI is InChI=1S/C14H10Cl2O2S/c15-13-11-7-3-1-5-9(11)10-6-2-4-8-12(10)14(16)19(13,17)18/h1-8,13-14H/t13-,14-/m0/s1. The van der Waals surface area contributed by atoms with E-state index in [1.807, 2.05) is 24.3 Å². The van der Waals surface area contributed by atoms with Gasteiger partial charge in [-0.1, -0.05) is 48.5 Å². The number of benzene rings is 2. The second-order valence-corrected chi connectivity index (χ2v) is 7.91. The van der Waals surface area contributed by atoms with Gasteiger partial charge in [-0.15, -0.1) is 23.2 Å². The van der Waals surface area contributed by atoms with Gasteiger partial charge >= 0.3 is 0 Å². The van der Waals surface area contributed by atoms with Gasteiger partial charge in [0.15, 0.2) is 19.3 Å². The fraction of sp³-hybridized carbons (Fsp3) is 0.143. The quantitative estimate of drug-likeness (QED) is 0.681. The molecule has 1 heterocycles. The van der Waals surface area contributed by atoms with E-state index in [2.05, 4.69) is 0 Å². The van der Waals surface area contributed by atoms with Crippen molar-refractivity contribution in [1.29, 1.82) is 0 Å². The van der Waals surface area contributed by atoms with Gasteiger partial charge in [-0.2, -0.15) is 0 Å². The van der Waals surface area contributed by atoms with Gasteiger partial charge in [0.25, 0.3) is 0 Å². The van der Waals surface area contributed by atoms with Gasteiger partial charge in [0, 0.05) is 0 Å². The Bertz CT molecular complexity index is 683. The fourth-order valence-electron chi connectivity index (χ4n) is 2.34. The van der Waals surface area contributed by atoms with Crippen LogP contribution in [-0.2, 0) is 9.84 Å². The lowest BCUT2D eigenvalue weighted by atomic mass is 9.97. The molecule has 0 radical (unpaired) electrons. The Hall–Kier alpha value is -1.03. The van der Waals surface area contributed by atoms with Gasteiger partial charge in [0.1, 0.15) is 0 Å². The van der Waals surface area contributed by atoms with Crippen molar-refractivity contribution in [1.82, 2.24) is 0 Å². The van der Waals surface area contributed by atoms with Crippen molar-refractivity contribution in [3.8, 4) is 11.1 Å². The number of alkyl halides is 2. The lowest BCUT2D eigenvalue weighted by molar-refractivity contribution is 0.592. The van der Waals surface area contributed by atoms with Gasteiger partial charge in [0.2, 0.25) is 0 Å². The topological polar surface area (TPSA) is 34.1 Å². The number of fused-ring (bicyclic) bond motifs is 3. The van der Waals surface area contributed by atoms with Crippen molar-refractivity contribution < 1.29 is 8.42 Å². The van der Waals surface area contributed by atoms with Gasteiger partial charge in [0.05, 0.1) is 0 Å². The summed E-state index contributed by atoms with van der Waals surface area (Å²) >= 11 is 12.3. The van der Waals surface area contributed by atoms with Crippen LogP contribution in [0.25, 0.3) is 11.1 Å². The molecule has 0 amide bonds. The molecule has 1 aliphatic rings. The fourth-order valence-corrected chi connectivity index (χ4v) is 4.82. The van der Waals surface area contributed by atoms with Gasteiger partial charge in [-0.05, 0) is 22.3 Å². The van der Waals surface area contributed by atoms with Gasteiger partial charge in [-0.25, -0.2) is 8.42 Å². The van der Waals surface area contributed by atoms with Crippen molar-refractivity contribution in [3.63, 3.8) is 0 Å². The molecule has 2 nitrogen and oxygen atoms in total. The summed E-state index contributed by atoms with van der Waals surface area (Å²) in [5, 5.41) is 0. The zero-order valence-electron chi connectivity index (χ0n) is 9.75. The summed E-state index contributed by atoms with van der Waals surface area (Å²) in [6.45, 7) is 0. The first-order valence-electron chi connectivity index (χ1n) is 5.72. The van der Waals surface area contributed by atoms with E-state index in [9.17, 15) is 8.42 Å². The number of sulfone groups is 1. The van der Waals surface area contributed by atoms with E-state index in [4.69, 9.17) is 23.2 Å². The van der Waals surface area contributed by atoms with E-state index in [0.717, 1.165) is 11.1 Å². The largest absolute Gasteiger partial charge is 0.225 e. The summed E-state index contributed by atoms with van der Waals surface area (Å²) in [5.74, 6) is 0. The van der Waals surface area contributed by atoms with Crippen molar-refractivity contribution in [3.05, 3.63) is 59.7 Å². The highest BCUT2D eigenvalue weighted by Gasteiger charge is 2.39. The Labute approximate surface area is 121 Å². The van der Waals surface area contributed by atoms with Crippen LogP contribution in [0.4, 0.5) is 0 Å². The van der Waals surface area contributed by atoms with Crippen LogP contribution >= 0.6 is 23.2 Å². The van der Waals surface area contributed by atoms with Crippen LogP contribution < -0.4 is 0 Å². The summed E-state index contributed by atoms with van der Waals surface area (Å²) in [4.78, 5) is 0. The predicted octanol–water partition coefficient (Wildman–Crippen LogP) is 4.26. The second-order valence-electron chi connectivity index (χ2n) is 4.40. The lowest BCUT2D eigenvalue weighted by Crippen LogP contribution is -2.12. The molecule has 2 aromatic carbocycles. The van der Waals surface area contributed by atoms with Crippen LogP contribution in [0, 0.1) is 0 Å². The van der Waals surface area contributed by atoms with E-state index >= 15 is 0 Å². The summed E-state index contributed by atoms with van der Waals surface area (Å²) in [6.07, 6.45) is 0. The first-order valence-corrected chi connectivity index (χ1v) is 8.21. The smallest absolute Gasteiger partial charge is 0.192 e. The first kappa shape index (κ1) is 13.0. The number of hydrogen-bond acceptors (Lipinski definition) is 2.